The predicted octanol–water partition coefficient (Wildman–Crippen LogP) is 1.66. The summed E-state index contributed by atoms with van der Waals surface area (Å²) in [7, 11) is 0. The van der Waals surface area contributed by atoms with Gasteiger partial charge in [0.25, 0.3) is 0 Å². The third-order valence-electron chi connectivity index (χ3n) is 2.45. The third-order valence-corrected chi connectivity index (χ3v) is 2.45. The van der Waals surface area contributed by atoms with Crippen molar-refractivity contribution in [2.45, 2.75) is 0 Å². The molecule has 0 spiro atoms. The average Bonchev–Trinajstić information content (AvgIpc) is 2.39. The molecule has 2 N–H and O–H groups in total. The molecule has 0 unspecified atom stereocenters. The van der Waals surface area contributed by atoms with E-state index in [9.17, 15) is 0 Å². The Morgan fingerprint density at radius 2 is 2.06 bits per heavy atom. The summed E-state index contributed by atoms with van der Waals surface area (Å²) in [5, 5.41) is 13.0. The zero-order valence-electron chi connectivity index (χ0n) is 9.60. The van der Waals surface area contributed by atoms with Crippen molar-refractivity contribution in [1.29, 1.82) is 0 Å². The summed E-state index contributed by atoms with van der Waals surface area (Å²) in [6.45, 7) is 1.75. The summed E-state index contributed by atoms with van der Waals surface area (Å²) in [4.78, 5) is 4.30. The first-order chi connectivity index (χ1) is 8.42. The number of fused-ring (bicyclic) bond motifs is 1. The molecule has 0 fully saturated rings. The second-order valence-corrected chi connectivity index (χ2v) is 3.64. The van der Waals surface area contributed by atoms with Gasteiger partial charge in [-0.25, -0.2) is 0 Å². The Balaban J connectivity index is 1.98. The van der Waals surface area contributed by atoms with Gasteiger partial charge in [-0.15, -0.1) is 0 Å². The quantitative estimate of drug-likeness (QED) is 0.744. The first kappa shape index (κ1) is 11.8. The van der Waals surface area contributed by atoms with Crippen LogP contribution in [0.15, 0.2) is 36.5 Å². The van der Waals surface area contributed by atoms with Crippen LogP contribution in [0.4, 0.5) is 5.69 Å². The molecule has 0 atom stereocenters. The predicted molar refractivity (Wildman–Crippen MR) is 68.1 cm³/mol. The number of aliphatic hydroxyl groups is 1. The fourth-order valence-electron chi connectivity index (χ4n) is 1.67. The highest BCUT2D eigenvalue weighted by Crippen LogP contribution is 2.20. The number of hydrogen-bond acceptors (Lipinski definition) is 4. The summed E-state index contributed by atoms with van der Waals surface area (Å²) >= 11 is 0. The van der Waals surface area contributed by atoms with E-state index in [1.54, 1.807) is 6.20 Å². The Hall–Kier alpha value is -1.65. The molecule has 2 aromatic rings. The van der Waals surface area contributed by atoms with Crippen LogP contribution in [0.25, 0.3) is 10.9 Å². The number of nitrogens with one attached hydrogen (secondary N) is 1. The molecule has 17 heavy (non-hydrogen) atoms. The number of hydrogen-bond donors (Lipinski definition) is 2. The molecule has 0 aliphatic carbocycles. The number of anilines is 1. The Labute approximate surface area is 100 Å². The number of benzene rings is 1. The van der Waals surface area contributed by atoms with Gasteiger partial charge < -0.3 is 15.2 Å². The Morgan fingerprint density at radius 1 is 1.18 bits per heavy atom. The van der Waals surface area contributed by atoms with Gasteiger partial charge in [0.15, 0.2) is 0 Å². The molecule has 1 aromatic heterocycles. The highest BCUT2D eigenvalue weighted by Gasteiger charge is 1.99. The summed E-state index contributed by atoms with van der Waals surface area (Å²) in [5.74, 6) is 0. The molecular formula is C13H16N2O2. The van der Waals surface area contributed by atoms with Crippen LogP contribution in [-0.2, 0) is 4.74 Å². The van der Waals surface area contributed by atoms with E-state index in [1.807, 2.05) is 30.3 Å². The molecule has 2 rings (SSSR count). The molecule has 0 amide bonds. The molecule has 0 aliphatic heterocycles. The number of ether oxygens (including phenoxy) is 1. The Bertz CT molecular complexity index is 468. The first-order valence-corrected chi connectivity index (χ1v) is 5.68. The average molecular weight is 232 g/mol. The molecule has 0 saturated carbocycles. The summed E-state index contributed by atoms with van der Waals surface area (Å²) in [6, 6.07) is 9.96. The molecule has 90 valence electrons. The van der Waals surface area contributed by atoms with Crippen LogP contribution in [0.5, 0.6) is 0 Å². The third kappa shape index (κ3) is 3.15. The van der Waals surface area contributed by atoms with Crippen molar-refractivity contribution < 1.29 is 9.84 Å². The maximum Gasteiger partial charge on any atom is 0.0722 e. The highest BCUT2D eigenvalue weighted by molar-refractivity contribution is 5.90. The summed E-state index contributed by atoms with van der Waals surface area (Å²) in [5.41, 5.74) is 2.04. The molecule has 0 bridgehead atoms. The van der Waals surface area contributed by atoms with Crippen LogP contribution in [0.2, 0.25) is 0 Å². The number of para-hydroxylation sites is 1. The largest absolute Gasteiger partial charge is 0.394 e. The van der Waals surface area contributed by atoms with Crippen molar-refractivity contribution in [2.24, 2.45) is 0 Å². The summed E-state index contributed by atoms with van der Waals surface area (Å²) < 4.78 is 5.19. The van der Waals surface area contributed by atoms with Gasteiger partial charge in [0.2, 0.25) is 0 Å². The van der Waals surface area contributed by atoms with Gasteiger partial charge in [0, 0.05) is 23.8 Å². The van der Waals surface area contributed by atoms with Crippen molar-refractivity contribution in [2.75, 3.05) is 31.7 Å². The lowest BCUT2D eigenvalue weighted by Gasteiger charge is -2.09. The number of rotatable bonds is 6. The Kier molecular flexibility index (Phi) is 4.30. The van der Waals surface area contributed by atoms with Crippen molar-refractivity contribution in [3.8, 4) is 0 Å². The van der Waals surface area contributed by atoms with Crippen molar-refractivity contribution in [3.05, 3.63) is 36.5 Å². The highest BCUT2D eigenvalue weighted by atomic mass is 16.5. The lowest BCUT2D eigenvalue weighted by Crippen LogP contribution is -2.11. The van der Waals surface area contributed by atoms with Gasteiger partial charge in [0.1, 0.15) is 0 Å². The van der Waals surface area contributed by atoms with E-state index in [2.05, 4.69) is 10.3 Å². The molecule has 1 aromatic carbocycles. The molecule has 4 heteroatoms. The van der Waals surface area contributed by atoms with E-state index in [1.165, 1.54) is 0 Å². The topological polar surface area (TPSA) is 54.4 Å². The molecule has 0 saturated heterocycles. The van der Waals surface area contributed by atoms with Crippen LogP contribution < -0.4 is 5.32 Å². The maximum absolute atomic E-state index is 8.57. The molecule has 1 heterocycles. The number of nitrogens with zero attached hydrogens (tertiary/aromatic N) is 1. The SMILES string of the molecule is OCCOCCNc1ccnc2ccccc12. The van der Waals surface area contributed by atoms with Gasteiger partial charge in [0.05, 0.1) is 25.3 Å². The number of pyridine rings is 1. The number of aromatic nitrogens is 1. The standard InChI is InChI=1S/C13H16N2O2/c16-8-10-17-9-7-15-13-5-6-14-12-4-2-1-3-11(12)13/h1-6,16H,7-10H2,(H,14,15). The maximum atomic E-state index is 8.57. The fraction of sp³-hybridized carbons (Fsp3) is 0.308. The molecule has 4 nitrogen and oxygen atoms in total. The molecular weight excluding hydrogens is 216 g/mol. The van der Waals surface area contributed by atoms with Crippen LogP contribution in [-0.4, -0.2) is 36.5 Å². The summed E-state index contributed by atoms with van der Waals surface area (Å²) in [6.07, 6.45) is 1.79. The normalized spacial score (nSPS) is 10.6. The Morgan fingerprint density at radius 3 is 2.94 bits per heavy atom. The van der Waals surface area contributed by atoms with Crippen LogP contribution in [0.1, 0.15) is 0 Å². The van der Waals surface area contributed by atoms with E-state index in [4.69, 9.17) is 9.84 Å². The minimum atomic E-state index is 0.0676. The second kappa shape index (κ2) is 6.18. The zero-order valence-corrected chi connectivity index (χ0v) is 9.60. The van der Waals surface area contributed by atoms with Crippen molar-refractivity contribution >= 4 is 16.6 Å². The lowest BCUT2D eigenvalue weighted by molar-refractivity contribution is 0.0992. The number of aliphatic hydroxyl groups excluding tert-OH is 1. The van der Waals surface area contributed by atoms with E-state index in [-0.39, 0.29) is 6.61 Å². The van der Waals surface area contributed by atoms with Crippen LogP contribution in [0.3, 0.4) is 0 Å². The van der Waals surface area contributed by atoms with Crippen molar-refractivity contribution in [3.63, 3.8) is 0 Å². The minimum absolute atomic E-state index is 0.0676. The van der Waals surface area contributed by atoms with Gasteiger partial charge in [-0.3, -0.25) is 4.98 Å². The van der Waals surface area contributed by atoms with Crippen LogP contribution >= 0.6 is 0 Å². The van der Waals surface area contributed by atoms with Crippen molar-refractivity contribution in [1.82, 2.24) is 4.98 Å². The van der Waals surface area contributed by atoms with Gasteiger partial charge in [-0.1, -0.05) is 18.2 Å². The smallest absolute Gasteiger partial charge is 0.0722 e. The lowest BCUT2D eigenvalue weighted by atomic mass is 10.2. The molecule has 0 aliphatic rings. The fourth-order valence-corrected chi connectivity index (χ4v) is 1.67. The van der Waals surface area contributed by atoms with Gasteiger partial charge in [-0.2, -0.15) is 0 Å². The first-order valence-electron chi connectivity index (χ1n) is 5.68. The van der Waals surface area contributed by atoms with Gasteiger partial charge in [-0.05, 0) is 12.1 Å². The van der Waals surface area contributed by atoms with Gasteiger partial charge >= 0.3 is 0 Å². The van der Waals surface area contributed by atoms with Crippen LogP contribution in [0, 0.1) is 0 Å². The minimum Gasteiger partial charge on any atom is -0.394 e. The van der Waals surface area contributed by atoms with E-state index < -0.39 is 0 Å². The van der Waals surface area contributed by atoms with E-state index >= 15 is 0 Å². The molecule has 0 radical (unpaired) electrons. The monoisotopic (exact) mass is 232 g/mol. The second-order valence-electron chi connectivity index (χ2n) is 3.64. The van der Waals surface area contributed by atoms with E-state index in [0.717, 1.165) is 16.6 Å². The zero-order chi connectivity index (χ0) is 11.9. The van der Waals surface area contributed by atoms with E-state index in [0.29, 0.717) is 19.8 Å².